The van der Waals surface area contributed by atoms with Gasteiger partial charge in [-0.25, -0.2) is 9.37 Å². The molecule has 0 saturated carbocycles. The minimum Gasteiger partial charge on any atom is -0.472 e. The van der Waals surface area contributed by atoms with Crippen LogP contribution >= 0.6 is 22.9 Å². The van der Waals surface area contributed by atoms with Gasteiger partial charge in [0.25, 0.3) is 0 Å². The minimum atomic E-state index is -0.363. The lowest BCUT2D eigenvalue weighted by Gasteiger charge is -2.04. The Morgan fingerprint density at radius 1 is 1.47 bits per heavy atom. The fraction of sp³-hybridized carbons (Fsp3) is 0.100. The molecule has 1 aromatic carbocycles. The van der Waals surface area contributed by atoms with E-state index in [9.17, 15) is 4.39 Å². The van der Waals surface area contributed by atoms with Gasteiger partial charge in [0.1, 0.15) is 12.4 Å². The van der Waals surface area contributed by atoms with E-state index in [0.717, 1.165) is 0 Å². The lowest BCUT2D eigenvalue weighted by atomic mass is 10.2. The SMILES string of the molecule is Fc1cc(Cl)ccc1COc1cscn1. The van der Waals surface area contributed by atoms with Crippen molar-refractivity contribution in [3.05, 3.63) is 45.5 Å². The van der Waals surface area contributed by atoms with Gasteiger partial charge in [0.2, 0.25) is 5.88 Å². The van der Waals surface area contributed by atoms with Crippen LogP contribution in [0, 0.1) is 5.82 Å². The Morgan fingerprint density at radius 3 is 3.00 bits per heavy atom. The molecule has 0 saturated heterocycles. The van der Waals surface area contributed by atoms with Gasteiger partial charge < -0.3 is 4.74 Å². The summed E-state index contributed by atoms with van der Waals surface area (Å²) < 4.78 is 18.6. The average Bonchev–Trinajstić information content (AvgIpc) is 2.69. The van der Waals surface area contributed by atoms with Gasteiger partial charge in [-0.05, 0) is 12.1 Å². The first kappa shape index (κ1) is 10.4. The first-order valence-electron chi connectivity index (χ1n) is 4.20. The van der Waals surface area contributed by atoms with Crippen LogP contribution in [0.25, 0.3) is 0 Å². The Hall–Kier alpha value is -1.13. The minimum absolute atomic E-state index is 0.159. The molecular weight excluding hydrogens is 237 g/mol. The molecule has 0 radical (unpaired) electrons. The zero-order valence-corrected chi connectivity index (χ0v) is 9.19. The number of nitrogens with zero attached hydrogens (tertiary/aromatic N) is 1. The van der Waals surface area contributed by atoms with E-state index >= 15 is 0 Å². The monoisotopic (exact) mass is 243 g/mol. The van der Waals surface area contributed by atoms with Crippen molar-refractivity contribution in [1.29, 1.82) is 0 Å². The largest absolute Gasteiger partial charge is 0.472 e. The van der Waals surface area contributed by atoms with Crippen LogP contribution in [-0.4, -0.2) is 4.98 Å². The number of ether oxygens (including phenoxy) is 1. The summed E-state index contributed by atoms with van der Waals surface area (Å²) in [6.45, 7) is 0.159. The van der Waals surface area contributed by atoms with Crippen molar-refractivity contribution in [3.8, 4) is 5.88 Å². The number of aromatic nitrogens is 1. The van der Waals surface area contributed by atoms with Crippen molar-refractivity contribution >= 4 is 22.9 Å². The van der Waals surface area contributed by atoms with Gasteiger partial charge in [-0.3, -0.25) is 0 Å². The highest BCUT2D eigenvalue weighted by Gasteiger charge is 2.04. The fourth-order valence-electron chi connectivity index (χ4n) is 1.06. The maximum atomic E-state index is 13.3. The summed E-state index contributed by atoms with van der Waals surface area (Å²) in [5, 5.41) is 2.14. The Labute approximate surface area is 95.3 Å². The number of hydrogen-bond donors (Lipinski definition) is 0. The van der Waals surface area contributed by atoms with Gasteiger partial charge in [0.05, 0.1) is 10.9 Å². The molecule has 0 bridgehead atoms. The van der Waals surface area contributed by atoms with Crippen LogP contribution < -0.4 is 4.74 Å². The van der Waals surface area contributed by atoms with Crippen LogP contribution in [0.5, 0.6) is 5.88 Å². The molecule has 2 rings (SSSR count). The Kier molecular flexibility index (Phi) is 3.18. The van der Waals surface area contributed by atoms with Crippen molar-refractivity contribution in [3.63, 3.8) is 0 Å². The van der Waals surface area contributed by atoms with Gasteiger partial charge in [-0.1, -0.05) is 17.7 Å². The molecule has 0 aliphatic heterocycles. The van der Waals surface area contributed by atoms with Crippen LogP contribution in [0.3, 0.4) is 0 Å². The van der Waals surface area contributed by atoms with E-state index in [4.69, 9.17) is 16.3 Å². The van der Waals surface area contributed by atoms with Gasteiger partial charge in [-0.2, -0.15) is 0 Å². The predicted molar refractivity (Wildman–Crippen MR) is 57.9 cm³/mol. The number of halogens is 2. The number of thiazole rings is 1. The zero-order valence-electron chi connectivity index (χ0n) is 7.61. The highest BCUT2D eigenvalue weighted by molar-refractivity contribution is 7.07. The van der Waals surface area contributed by atoms with E-state index in [1.807, 2.05) is 0 Å². The molecule has 0 aliphatic carbocycles. The molecule has 2 nitrogen and oxygen atoms in total. The summed E-state index contributed by atoms with van der Waals surface area (Å²) in [5.74, 6) is 0.145. The van der Waals surface area contributed by atoms with Crippen molar-refractivity contribution in [2.45, 2.75) is 6.61 Å². The van der Waals surface area contributed by atoms with Crippen LogP contribution in [0.15, 0.2) is 29.1 Å². The molecule has 0 aliphatic rings. The number of hydrogen-bond acceptors (Lipinski definition) is 3. The second-order valence-electron chi connectivity index (χ2n) is 2.85. The standard InChI is InChI=1S/C10H7ClFNOS/c11-8-2-1-7(9(12)3-8)4-14-10-5-15-6-13-10/h1-3,5-6H,4H2. The fourth-order valence-corrected chi connectivity index (χ4v) is 1.69. The van der Waals surface area contributed by atoms with Crippen molar-refractivity contribution in [2.24, 2.45) is 0 Å². The molecule has 5 heteroatoms. The molecule has 1 aromatic heterocycles. The number of benzene rings is 1. The van der Waals surface area contributed by atoms with Crippen LogP contribution in [0.1, 0.15) is 5.56 Å². The number of rotatable bonds is 3. The highest BCUT2D eigenvalue weighted by Crippen LogP contribution is 2.17. The van der Waals surface area contributed by atoms with Crippen molar-refractivity contribution in [2.75, 3.05) is 0 Å². The third-order valence-corrected chi connectivity index (χ3v) is 2.60. The molecule has 0 spiro atoms. The molecule has 0 N–H and O–H groups in total. The second kappa shape index (κ2) is 4.59. The van der Waals surface area contributed by atoms with E-state index in [-0.39, 0.29) is 12.4 Å². The predicted octanol–water partition coefficient (Wildman–Crippen LogP) is 3.51. The third kappa shape index (κ3) is 2.67. The van der Waals surface area contributed by atoms with Crippen molar-refractivity contribution < 1.29 is 9.13 Å². The second-order valence-corrected chi connectivity index (χ2v) is 4.01. The summed E-state index contributed by atoms with van der Waals surface area (Å²) in [7, 11) is 0. The summed E-state index contributed by atoms with van der Waals surface area (Å²) in [5.41, 5.74) is 2.13. The van der Waals surface area contributed by atoms with Gasteiger partial charge in [0, 0.05) is 10.6 Å². The summed E-state index contributed by atoms with van der Waals surface area (Å²) in [4.78, 5) is 3.93. The zero-order chi connectivity index (χ0) is 10.7. The quantitative estimate of drug-likeness (QED) is 0.823. The molecule has 0 amide bonds. The highest BCUT2D eigenvalue weighted by atomic mass is 35.5. The van der Waals surface area contributed by atoms with E-state index in [0.29, 0.717) is 16.5 Å². The molecule has 78 valence electrons. The van der Waals surface area contributed by atoms with E-state index < -0.39 is 0 Å². The lowest BCUT2D eigenvalue weighted by molar-refractivity contribution is 0.290. The topological polar surface area (TPSA) is 22.1 Å². The first-order chi connectivity index (χ1) is 7.25. The third-order valence-electron chi connectivity index (χ3n) is 1.80. The summed E-state index contributed by atoms with van der Waals surface area (Å²) in [6.07, 6.45) is 0. The maximum absolute atomic E-state index is 13.3. The smallest absolute Gasteiger partial charge is 0.224 e. The van der Waals surface area contributed by atoms with Crippen LogP contribution in [0.2, 0.25) is 5.02 Å². The Balaban J connectivity index is 2.05. The van der Waals surface area contributed by atoms with Gasteiger partial charge in [0.15, 0.2) is 0 Å². The molecule has 0 fully saturated rings. The maximum Gasteiger partial charge on any atom is 0.224 e. The van der Waals surface area contributed by atoms with Gasteiger partial charge in [-0.15, -0.1) is 11.3 Å². The lowest BCUT2D eigenvalue weighted by Crippen LogP contribution is -1.98. The summed E-state index contributed by atoms with van der Waals surface area (Å²) >= 11 is 7.06. The molecule has 0 unspecified atom stereocenters. The molecule has 0 atom stereocenters. The molecule has 2 aromatic rings. The van der Waals surface area contributed by atoms with Crippen molar-refractivity contribution in [1.82, 2.24) is 4.98 Å². The Morgan fingerprint density at radius 2 is 2.33 bits per heavy atom. The van der Waals surface area contributed by atoms with E-state index in [1.54, 1.807) is 23.0 Å². The first-order valence-corrected chi connectivity index (χ1v) is 5.53. The molecule has 1 heterocycles. The van der Waals surface area contributed by atoms with Crippen LogP contribution in [-0.2, 0) is 6.61 Å². The summed E-state index contributed by atoms with van der Waals surface area (Å²) in [6, 6.07) is 4.50. The normalized spacial score (nSPS) is 10.3. The average molecular weight is 244 g/mol. The van der Waals surface area contributed by atoms with Gasteiger partial charge >= 0.3 is 0 Å². The van der Waals surface area contributed by atoms with Crippen LogP contribution in [0.4, 0.5) is 4.39 Å². The Bertz CT molecular complexity index is 447. The molecular formula is C10H7ClFNOS. The van der Waals surface area contributed by atoms with E-state index in [2.05, 4.69) is 4.98 Å². The van der Waals surface area contributed by atoms with E-state index in [1.165, 1.54) is 17.4 Å². The molecule has 15 heavy (non-hydrogen) atoms.